The molecule has 1 unspecified atom stereocenters. The molecule has 0 aromatic heterocycles. The second-order valence-corrected chi connectivity index (χ2v) is 5.86. The van der Waals surface area contributed by atoms with Crippen molar-refractivity contribution in [3.8, 4) is 0 Å². The summed E-state index contributed by atoms with van der Waals surface area (Å²) in [4.78, 5) is 13.8. The van der Waals surface area contributed by atoms with Gasteiger partial charge in [-0.05, 0) is 23.0 Å². The Labute approximate surface area is 128 Å². The van der Waals surface area contributed by atoms with Gasteiger partial charge in [-0.2, -0.15) is 0 Å². The molecule has 1 amide bonds. The van der Waals surface area contributed by atoms with Crippen molar-refractivity contribution in [3.05, 3.63) is 35.4 Å². The first-order valence-electron chi connectivity index (χ1n) is 6.92. The number of halogens is 1. The average Bonchev–Trinajstić information content (AvgIpc) is 2.37. The molecule has 0 saturated carbocycles. The van der Waals surface area contributed by atoms with Crippen molar-refractivity contribution in [2.75, 3.05) is 7.05 Å². The maximum Gasteiger partial charge on any atom is 0.239 e. The Kier molecular flexibility index (Phi) is 7.84. The van der Waals surface area contributed by atoms with Gasteiger partial charge in [0.1, 0.15) is 0 Å². The van der Waals surface area contributed by atoms with Crippen molar-refractivity contribution in [1.29, 1.82) is 0 Å². The molecule has 0 saturated heterocycles. The topological polar surface area (TPSA) is 46.3 Å². The number of amides is 1. The molecule has 2 N–H and O–H groups in total. The van der Waals surface area contributed by atoms with Gasteiger partial charge < -0.3 is 10.6 Å². The zero-order valence-corrected chi connectivity index (χ0v) is 13.9. The Bertz CT molecular complexity index is 415. The normalized spacial score (nSPS) is 12.2. The SMILES string of the molecule is CC(C)c1ccc(CN(C)C(=O)C(N)C(C)C)cc1.Cl. The third-order valence-electron chi connectivity index (χ3n) is 3.45. The van der Waals surface area contributed by atoms with Crippen LogP contribution in [0, 0.1) is 5.92 Å². The third-order valence-corrected chi connectivity index (χ3v) is 3.45. The Morgan fingerprint density at radius 1 is 1.15 bits per heavy atom. The van der Waals surface area contributed by atoms with Gasteiger partial charge in [0.25, 0.3) is 0 Å². The molecular formula is C16H27ClN2O. The van der Waals surface area contributed by atoms with Crippen LogP contribution in [0.4, 0.5) is 0 Å². The molecular weight excluding hydrogens is 272 g/mol. The van der Waals surface area contributed by atoms with Gasteiger partial charge in [-0.3, -0.25) is 4.79 Å². The highest BCUT2D eigenvalue weighted by atomic mass is 35.5. The molecule has 0 aliphatic rings. The smallest absolute Gasteiger partial charge is 0.239 e. The molecule has 0 heterocycles. The summed E-state index contributed by atoms with van der Waals surface area (Å²) in [5.41, 5.74) is 8.34. The van der Waals surface area contributed by atoms with Crippen LogP contribution in [-0.4, -0.2) is 23.9 Å². The van der Waals surface area contributed by atoms with E-state index < -0.39 is 6.04 Å². The lowest BCUT2D eigenvalue weighted by atomic mass is 10.0. The summed E-state index contributed by atoms with van der Waals surface area (Å²) in [5.74, 6) is 0.698. The Morgan fingerprint density at radius 3 is 2.05 bits per heavy atom. The minimum Gasteiger partial charge on any atom is -0.340 e. The summed E-state index contributed by atoms with van der Waals surface area (Å²) in [7, 11) is 1.81. The van der Waals surface area contributed by atoms with Crippen LogP contribution in [0.2, 0.25) is 0 Å². The number of nitrogens with zero attached hydrogens (tertiary/aromatic N) is 1. The maximum absolute atomic E-state index is 12.1. The van der Waals surface area contributed by atoms with E-state index in [1.54, 1.807) is 11.9 Å². The molecule has 1 aromatic rings. The zero-order chi connectivity index (χ0) is 14.6. The van der Waals surface area contributed by atoms with Gasteiger partial charge in [0.05, 0.1) is 6.04 Å². The molecule has 1 aromatic carbocycles. The predicted molar refractivity (Wildman–Crippen MR) is 87.1 cm³/mol. The van der Waals surface area contributed by atoms with E-state index in [4.69, 9.17) is 5.73 Å². The highest BCUT2D eigenvalue weighted by molar-refractivity contribution is 5.85. The summed E-state index contributed by atoms with van der Waals surface area (Å²) >= 11 is 0. The standard InChI is InChI=1S/C16H26N2O.ClH/c1-11(2)14-8-6-13(7-9-14)10-18(5)16(19)15(17)12(3)4;/h6-9,11-12,15H,10,17H2,1-5H3;1H. The Morgan fingerprint density at radius 2 is 1.65 bits per heavy atom. The van der Waals surface area contributed by atoms with Crippen LogP contribution >= 0.6 is 12.4 Å². The fourth-order valence-electron chi connectivity index (χ4n) is 1.90. The predicted octanol–water partition coefficient (Wildman–Crippen LogP) is 3.17. The molecule has 114 valence electrons. The summed E-state index contributed by atoms with van der Waals surface area (Å²) in [6.07, 6.45) is 0. The van der Waals surface area contributed by atoms with Gasteiger partial charge >= 0.3 is 0 Å². The third kappa shape index (κ3) is 5.14. The van der Waals surface area contributed by atoms with Crippen LogP contribution in [-0.2, 0) is 11.3 Å². The Hall–Kier alpha value is -1.06. The minimum absolute atomic E-state index is 0. The fourth-order valence-corrected chi connectivity index (χ4v) is 1.90. The van der Waals surface area contributed by atoms with E-state index in [2.05, 4.69) is 38.1 Å². The molecule has 0 aliphatic carbocycles. The van der Waals surface area contributed by atoms with E-state index in [0.717, 1.165) is 5.56 Å². The minimum atomic E-state index is -0.417. The quantitative estimate of drug-likeness (QED) is 0.907. The lowest BCUT2D eigenvalue weighted by molar-refractivity contribution is -0.132. The van der Waals surface area contributed by atoms with Crippen LogP contribution in [0.1, 0.15) is 44.7 Å². The summed E-state index contributed by atoms with van der Waals surface area (Å²) in [6, 6.07) is 8.00. The fraction of sp³-hybridized carbons (Fsp3) is 0.562. The number of hydrogen-bond donors (Lipinski definition) is 1. The molecule has 4 heteroatoms. The summed E-state index contributed by atoms with van der Waals surface area (Å²) < 4.78 is 0. The largest absolute Gasteiger partial charge is 0.340 e. The number of carbonyl (C=O) groups is 1. The summed E-state index contributed by atoms with van der Waals surface area (Å²) in [6.45, 7) is 8.89. The number of hydrogen-bond acceptors (Lipinski definition) is 2. The second-order valence-electron chi connectivity index (χ2n) is 5.86. The monoisotopic (exact) mass is 298 g/mol. The zero-order valence-electron chi connectivity index (χ0n) is 13.1. The van der Waals surface area contributed by atoms with Gasteiger partial charge in [-0.25, -0.2) is 0 Å². The molecule has 3 nitrogen and oxygen atoms in total. The Balaban J connectivity index is 0.00000361. The molecule has 0 fully saturated rings. The number of nitrogens with two attached hydrogens (primary N) is 1. The lowest BCUT2D eigenvalue weighted by Gasteiger charge is -2.23. The van der Waals surface area contributed by atoms with E-state index in [1.165, 1.54) is 5.56 Å². The van der Waals surface area contributed by atoms with Crippen LogP contribution in [0.25, 0.3) is 0 Å². The molecule has 1 rings (SSSR count). The van der Waals surface area contributed by atoms with Gasteiger partial charge in [0.15, 0.2) is 0 Å². The number of benzene rings is 1. The maximum atomic E-state index is 12.1. The molecule has 0 spiro atoms. The lowest BCUT2D eigenvalue weighted by Crippen LogP contribution is -2.44. The van der Waals surface area contributed by atoms with Crippen LogP contribution in [0.3, 0.4) is 0 Å². The van der Waals surface area contributed by atoms with Gasteiger partial charge in [0.2, 0.25) is 5.91 Å². The van der Waals surface area contributed by atoms with Crippen molar-refractivity contribution in [2.45, 2.75) is 46.2 Å². The molecule has 20 heavy (non-hydrogen) atoms. The van der Waals surface area contributed by atoms with E-state index in [-0.39, 0.29) is 24.2 Å². The van der Waals surface area contributed by atoms with Crippen LogP contribution in [0.5, 0.6) is 0 Å². The number of likely N-dealkylation sites (N-methyl/N-ethyl adjacent to an activating group) is 1. The van der Waals surface area contributed by atoms with E-state index in [1.807, 2.05) is 13.8 Å². The van der Waals surface area contributed by atoms with Crippen molar-refractivity contribution in [1.82, 2.24) is 4.90 Å². The average molecular weight is 299 g/mol. The van der Waals surface area contributed by atoms with Crippen molar-refractivity contribution >= 4 is 18.3 Å². The highest BCUT2D eigenvalue weighted by Gasteiger charge is 2.20. The van der Waals surface area contributed by atoms with Gasteiger partial charge in [0, 0.05) is 13.6 Å². The highest BCUT2D eigenvalue weighted by Crippen LogP contribution is 2.15. The van der Waals surface area contributed by atoms with Gasteiger partial charge in [-0.1, -0.05) is 52.0 Å². The van der Waals surface area contributed by atoms with E-state index in [0.29, 0.717) is 12.5 Å². The van der Waals surface area contributed by atoms with E-state index in [9.17, 15) is 4.79 Å². The van der Waals surface area contributed by atoms with Crippen LogP contribution in [0.15, 0.2) is 24.3 Å². The number of rotatable bonds is 5. The van der Waals surface area contributed by atoms with Crippen molar-refractivity contribution in [3.63, 3.8) is 0 Å². The molecule has 1 atom stereocenters. The van der Waals surface area contributed by atoms with Gasteiger partial charge in [-0.15, -0.1) is 12.4 Å². The first-order valence-corrected chi connectivity index (χ1v) is 6.92. The second kappa shape index (κ2) is 8.28. The molecule has 0 aliphatic heterocycles. The van der Waals surface area contributed by atoms with E-state index >= 15 is 0 Å². The number of carbonyl (C=O) groups excluding carboxylic acids is 1. The molecule has 0 bridgehead atoms. The first-order chi connectivity index (χ1) is 8.82. The summed E-state index contributed by atoms with van der Waals surface area (Å²) in [5, 5.41) is 0. The van der Waals surface area contributed by atoms with Crippen molar-refractivity contribution < 1.29 is 4.79 Å². The van der Waals surface area contributed by atoms with Crippen LogP contribution < -0.4 is 5.73 Å². The van der Waals surface area contributed by atoms with Crippen molar-refractivity contribution in [2.24, 2.45) is 11.7 Å². The first kappa shape index (κ1) is 18.9. The molecule has 0 radical (unpaired) electrons.